The number of ether oxygens (including phenoxy) is 1. The molecule has 1 aliphatic heterocycles. The van der Waals surface area contributed by atoms with Crippen molar-refractivity contribution in [3.63, 3.8) is 0 Å². The molecule has 1 N–H and O–H groups in total. The molecule has 0 radical (unpaired) electrons. The second kappa shape index (κ2) is 7.49. The van der Waals surface area contributed by atoms with Crippen molar-refractivity contribution >= 4 is 0 Å². The molecule has 0 aromatic carbocycles. The average molecular weight is 248 g/mol. The number of nitrogens with one attached hydrogen (secondary N) is 1. The minimum atomic E-state index is 0.102. The van der Waals surface area contributed by atoms with Gasteiger partial charge in [-0.15, -0.1) is 0 Å². The fourth-order valence-electron chi connectivity index (χ4n) is 2.46. The Labute approximate surface area is 110 Å². The summed E-state index contributed by atoms with van der Waals surface area (Å²) in [6.07, 6.45) is 8.33. The molecule has 0 spiro atoms. The zero-order chi connectivity index (χ0) is 12.6. The predicted octanol–water partition coefficient (Wildman–Crippen LogP) is 3.08. The van der Waals surface area contributed by atoms with E-state index in [1.165, 1.54) is 32.2 Å². The number of rotatable bonds is 6. The number of pyridine rings is 1. The SMILES string of the molecule is C[C@@H](OCCC[C@H]1CCCCN1)c1ccccn1. The van der Waals surface area contributed by atoms with Crippen LogP contribution >= 0.6 is 0 Å². The van der Waals surface area contributed by atoms with E-state index in [0.29, 0.717) is 6.04 Å². The van der Waals surface area contributed by atoms with Gasteiger partial charge in [0.05, 0.1) is 11.8 Å². The van der Waals surface area contributed by atoms with Crippen LogP contribution in [0.25, 0.3) is 0 Å². The van der Waals surface area contributed by atoms with Crippen LogP contribution in [0.4, 0.5) is 0 Å². The van der Waals surface area contributed by atoms with Crippen molar-refractivity contribution in [2.24, 2.45) is 0 Å². The normalized spacial score (nSPS) is 21.7. The van der Waals surface area contributed by atoms with E-state index in [0.717, 1.165) is 18.7 Å². The van der Waals surface area contributed by atoms with Gasteiger partial charge in [-0.25, -0.2) is 0 Å². The molecule has 3 nitrogen and oxygen atoms in total. The van der Waals surface area contributed by atoms with Crippen LogP contribution in [-0.4, -0.2) is 24.2 Å². The molecule has 1 aromatic heterocycles. The number of hydrogen-bond donors (Lipinski definition) is 1. The van der Waals surface area contributed by atoms with Gasteiger partial charge in [0.2, 0.25) is 0 Å². The number of aromatic nitrogens is 1. The Hall–Kier alpha value is -0.930. The van der Waals surface area contributed by atoms with Gasteiger partial charge in [0.25, 0.3) is 0 Å². The Bertz CT molecular complexity index is 323. The second-order valence-electron chi connectivity index (χ2n) is 5.06. The highest BCUT2D eigenvalue weighted by Gasteiger charge is 2.12. The smallest absolute Gasteiger partial charge is 0.0966 e. The molecule has 3 heteroatoms. The number of piperidine rings is 1. The quantitative estimate of drug-likeness (QED) is 0.786. The lowest BCUT2D eigenvalue weighted by molar-refractivity contribution is 0.0584. The molecule has 18 heavy (non-hydrogen) atoms. The highest BCUT2D eigenvalue weighted by Crippen LogP contribution is 2.15. The predicted molar refractivity (Wildman–Crippen MR) is 73.5 cm³/mol. The van der Waals surface area contributed by atoms with Crippen molar-refractivity contribution in [3.8, 4) is 0 Å². The first-order chi connectivity index (χ1) is 8.86. The van der Waals surface area contributed by atoms with Crippen molar-refractivity contribution in [3.05, 3.63) is 30.1 Å². The second-order valence-corrected chi connectivity index (χ2v) is 5.06. The highest BCUT2D eigenvalue weighted by molar-refractivity contribution is 5.05. The summed E-state index contributed by atoms with van der Waals surface area (Å²) < 4.78 is 5.83. The van der Waals surface area contributed by atoms with Crippen molar-refractivity contribution in [1.82, 2.24) is 10.3 Å². The summed E-state index contributed by atoms with van der Waals surface area (Å²) >= 11 is 0. The van der Waals surface area contributed by atoms with Gasteiger partial charge >= 0.3 is 0 Å². The lowest BCUT2D eigenvalue weighted by Gasteiger charge is -2.23. The summed E-state index contributed by atoms with van der Waals surface area (Å²) in [5, 5.41) is 3.57. The molecular weight excluding hydrogens is 224 g/mol. The molecule has 1 saturated heterocycles. The molecule has 100 valence electrons. The van der Waals surface area contributed by atoms with E-state index in [-0.39, 0.29) is 6.10 Å². The lowest BCUT2D eigenvalue weighted by atomic mass is 10.0. The van der Waals surface area contributed by atoms with Gasteiger partial charge < -0.3 is 10.1 Å². The highest BCUT2D eigenvalue weighted by atomic mass is 16.5. The number of hydrogen-bond acceptors (Lipinski definition) is 3. The van der Waals surface area contributed by atoms with Gasteiger partial charge in [-0.1, -0.05) is 12.5 Å². The zero-order valence-electron chi connectivity index (χ0n) is 11.3. The van der Waals surface area contributed by atoms with Crippen LogP contribution in [0.1, 0.15) is 50.8 Å². The summed E-state index contributed by atoms with van der Waals surface area (Å²) in [5.41, 5.74) is 1.02. The van der Waals surface area contributed by atoms with Crippen LogP contribution in [0.3, 0.4) is 0 Å². The summed E-state index contributed by atoms with van der Waals surface area (Å²) in [6.45, 7) is 4.09. The van der Waals surface area contributed by atoms with Crippen molar-refractivity contribution < 1.29 is 4.74 Å². The van der Waals surface area contributed by atoms with Crippen LogP contribution in [0.2, 0.25) is 0 Å². The van der Waals surface area contributed by atoms with Gasteiger partial charge in [-0.2, -0.15) is 0 Å². The van der Waals surface area contributed by atoms with Gasteiger partial charge in [-0.05, 0) is 51.3 Å². The summed E-state index contributed by atoms with van der Waals surface area (Å²) in [7, 11) is 0. The first-order valence-electron chi connectivity index (χ1n) is 7.12. The van der Waals surface area contributed by atoms with E-state index in [9.17, 15) is 0 Å². The van der Waals surface area contributed by atoms with E-state index < -0.39 is 0 Å². The first-order valence-corrected chi connectivity index (χ1v) is 7.12. The molecule has 0 saturated carbocycles. The summed E-state index contributed by atoms with van der Waals surface area (Å²) in [6, 6.07) is 6.68. The van der Waals surface area contributed by atoms with E-state index in [2.05, 4.69) is 17.2 Å². The Morgan fingerprint density at radius 1 is 1.44 bits per heavy atom. The van der Waals surface area contributed by atoms with Gasteiger partial charge in [0.15, 0.2) is 0 Å². The van der Waals surface area contributed by atoms with Crippen LogP contribution in [0.5, 0.6) is 0 Å². The van der Waals surface area contributed by atoms with E-state index in [1.54, 1.807) is 0 Å². The Morgan fingerprint density at radius 2 is 2.39 bits per heavy atom. The van der Waals surface area contributed by atoms with Crippen molar-refractivity contribution in [2.45, 2.75) is 51.2 Å². The van der Waals surface area contributed by atoms with Crippen molar-refractivity contribution in [1.29, 1.82) is 0 Å². The van der Waals surface area contributed by atoms with Crippen molar-refractivity contribution in [2.75, 3.05) is 13.2 Å². The van der Waals surface area contributed by atoms with Gasteiger partial charge in [-0.3, -0.25) is 4.98 Å². The molecule has 1 fully saturated rings. The molecule has 0 amide bonds. The Balaban J connectivity index is 1.60. The molecule has 0 bridgehead atoms. The standard InChI is InChI=1S/C15H24N2O/c1-13(15-9-3-5-11-17-15)18-12-6-8-14-7-2-4-10-16-14/h3,5,9,11,13-14,16H,2,4,6-8,10,12H2,1H3/t13-,14-/m1/s1. The average Bonchev–Trinajstić information content (AvgIpc) is 2.45. The molecular formula is C15H24N2O. The molecule has 0 aliphatic carbocycles. The maximum atomic E-state index is 5.83. The van der Waals surface area contributed by atoms with Crippen LogP contribution in [-0.2, 0) is 4.74 Å². The maximum Gasteiger partial charge on any atom is 0.0966 e. The monoisotopic (exact) mass is 248 g/mol. The Morgan fingerprint density at radius 3 is 3.11 bits per heavy atom. The van der Waals surface area contributed by atoms with E-state index >= 15 is 0 Å². The molecule has 1 aliphatic rings. The summed E-state index contributed by atoms with van der Waals surface area (Å²) in [5.74, 6) is 0. The first kappa shape index (κ1) is 13.5. The van der Waals surface area contributed by atoms with Gasteiger partial charge in [0.1, 0.15) is 0 Å². The van der Waals surface area contributed by atoms with Crippen LogP contribution in [0.15, 0.2) is 24.4 Å². The summed E-state index contributed by atoms with van der Waals surface area (Å²) in [4.78, 5) is 4.31. The maximum absolute atomic E-state index is 5.83. The Kier molecular flexibility index (Phi) is 5.62. The molecule has 0 unspecified atom stereocenters. The molecule has 1 aromatic rings. The third-order valence-corrected chi connectivity index (χ3v) is 3.58. The van der Waals surface area contributed by atoms with Crippen LogP contribution < -0.4 is 5.32 Å². The zero-order valence-corrected chi connectivity index (χ0v) is 11.3. The number of nitrogens with zero attached hydrogens (tertiary/aromatic N) is 1. The third kappa shape index (κ3) is 4.39. The topological polar surface area (TPSA) is 34.1 Å². The molecule has 2 rings (SSSR count). The fourth-order valence-corrected chi connectivity index (χ4v) is 2.46. The lowest BCUT2D eigenvalue weighted by Crippen LogP contribution is -2.34. The largest absolute Gasteiger partial charge is 0.372 e. The van der Waals surface area contributed by atoms with Gasteiger partial charge in [0, 0.05) is 18.8 Å². The molecule has 2 heterocycles. The van der Waals surface area contributed by atoms with E-state index in [1.807, 2.05) is 24.4 Å². The third-order valence-electron chi connectivity index (χ3n) is 3.58. The van der Waals surface area contributed by atoms with E-state index in [4.69, 9.17) is 4.74 Å². The minimum absolute atomic E-state index is 0.102. The minimum Gasteiger partial charge on any atom is -0.372 e. The molecule has 2 atom stereocenters. The van der Waals surface area contributed by atoms with Crippen LogP contribution in [0, 0.1) is 0 Å². The fraction of sp³-hybridized carbons (Fsp3) is 0.667.